The van der Waals surface area contributed by atoms with Gasteiger partial charge in [-0.2, -0.15) is 0 Å². The Morgan fingerprint density at radius 2 is 2.00 bits per heavy atom. The van der Waals surface area contributed by atoms with Crippen molar-refractivity contribution in [3.8, 4) is 0 Å². The Kier molecular flexibility index (Phi) is 6.76. The third-order valence-electron chi connectivity index (χ3n) is 2.89. The minimum Gasteiger partial charge on any atom is -0.468 e. The second-order valence-corrected chi connectivity index (χ2v) is 6.39. The van der Waals surface area contributed by atoms with Crippen molar-refractivity contribution in [2.75, 3.05) is 18.3 Å². The highest BCUT2D eigenvalue weighted by Gasteiger charge is 2.07. The lowest BCUT2D eigenvalue weighted by atomic mass is 10.2. The highest BCUT2D eigenvalue weighted by molar-refractivity contribution is 9.10. The van der Waals surface area contributed by atoms with Crippen molar-refractivity contribution in [2.24, 2.45) is 0 Å². The molecular formula is C16H17BrN2O2S. The Labute approximate surface area is 142 Å². The molecule has 2 aromatic rings. The average molecular weight is 381 g/mol. The zero-order valence-corrected chi connectivity index (χ0v) is 14.5. The topological polar surface area (TPSA) is 50.4 Å². The van der Waals surface area contributed by atoms with E-state index in [0.29, 0.717) is 12.3 Å². The summed E-state index contributed by atoms with van der Waals surface area (Å²) < 4.78 is 5.67. The molecule has 0 heterocycles. The highest BCUT2D eigenvalue weighted by Crippen LogP contribution is 2.26. The molecule has 116 valence electrons. The molecule has 0 saturated carbocycles. The van der Waals surface area contributed by atoms with E-state index in [2.05, 4.69) is 31.5 Å². The molecule has 0 aliphatic carbocycles. The van der Waals surface area contributed by atoms with Gasteiger partial charge in [0.05, 0.1) is 12.9 Å². The maximum Gasteiger partial charge on any atom is 0.315 e. The summed E-state index contributed by atoms with van der Waals surface area (Å²) in [6.07, 6.45) is 0. The van der Waals surface area contributed by atoms with E-state index >= 15 is 0 Å². The van der Waals surface area contributed by atoms with E-state index in [1.807, 2.05) is 48.5 Å². The molecule has 0 amide bonds. The van der Waals surface area contributed by atoms with Crippen LogP contribution < -0.4 is 10.9 Å². The van der Waals surface area contributed by atoms with Gasteiger partial charge in [0.1, 0.15) is 0 Å². The molecule has 0 aliphatic heterocycles. The molecule has 2 aromatic carbocycles. The number of halogens is 1. The van der Waals surface area contributed by atoms with E-state index < -0.39 is 0 Å². The van der Waals surface area contributed by atoms with Gasteiger partial charge in [-0.3, -0.25) is 4.79 Å². The van der Waals surface area contributed by atoms with Gasteiger partial charge in [0.2, 0.25) is 0 Å². The third-order valence-corrected chi connectivity index (χ3v) is 4.45. The summed E-state index contributed by atoms with van der Waals surface area (Å²) in [5.41, 5.74) is 8.45. The molecule has 6 heteroatoms. The van der Waals surface area contributed by atoms with Crippen molar-refractivity contribution in [3.63, 3.8) is 0 Å². The number of carbonyl (C=O) groups is 1. The SMILES string of the molecule is COC(=O)CSc1cc(Br)ccc1CNNc1ccccc1. The fraction of sp³-hybridized carbons (Fsp3) is 0.188. The first kappa shape index (κ1) is 16.9. The van der Waals surface area contributed by atoms with Crippen LogP contribution in [0.1, 0.15) is 5.56 Å². The van der Waals surface area contributed by atoms with Gasteiger partial charge in [0, 0.05) is 21.6 Å². The summed E-state index contributed by atoms with van der Waals surface area (Å²) in [5.74, 6) is 0.0674. The molecule has 2 N–H and O–H groups in total. The number of thioether (sulfide) groups is 1. The van der Waals surface area contributed by atoms with Crippen molar-refractivity contribution in [1.29, 1.82) is 0 Å². The van der Waals surface area contributed by atoms with Gasteiger partial charge in [-0.15, -0.1) is 11.8 Å². The standard InChI is InChI=1S/C16H17BrN2O2S/c1-21-16(20)11-22-15-9-13(17)8-7-12(15)10-18-19-14-5-3-2-4-6-14/h2-9,18-19H,10-11H2,1H3. The maximum absolute atomic E-state index is 11.3. The number of para-hydroxylation sites is 1. The Morgan fingerprint density at radius 3 is 2.73 bits per heavy atom. The normalized spacial score (nSPS) is 10.3. The molecule has 0 aliphatic rings. The van der Waals surface area contributed by atoms with Gasteiger partial charge in [-0.1, -0.05) is 40.2 Å². The van der Waals surface area contributed by atoms with Crippen molar-refractivity contribution in [1.82, 2.24) is 5.43 Å². The summed E-state index contributed by atoms with van der Waals surface area (Å²) in [6.45, 7) is 0.645. The highest BCUT2D eigenvalue weighted by atomic mass is 79.9. The van der Waals surface area contributed by atoms with Crippen LogP contribution in [0.2, 0.25) is 0 Å². The minimum absolute atomic E-state index is 0.230. The molecule has 0 spiro atoms. The molecule has 0 radical (unpaired) electrons. The van der Waals surface area contributed by atoms with Gasteiger partial charge in [-0.25, -0.2) is 5.43 Å². The van der Waals surface area contributed by atoms with E-state index in [1.54, 1.807) is 0 Å². The van der Waals surface area contributed by atoms with E-state index in [1.165, 1.54) is 18.9 Å². The molecule has 0 bridgehead atoms. The second kappa shape index (κ2) is 8.82. The lowest BCUT2D eigenvalue weighted by molar-refractivity contribution is -0.137. The molecule has 0 fully saturated rings. The number of anilines is 1. The van der Waals surface area contributed by atoms with Crippen LogP contribution in [-0.2, 0) is 16.1 Å². The number of benzene rings is 2. The molecule has 22 heavy (non-hydrogen) atoms. The number of hydrogen-bond donors (Lipinski definition) is 2. The quantitative estimate of drug-likeness (QED) is 0.434. The Bertz CT molecular complexity index is 623. The monoisotopic (exact) mass is 380 g/mol. The zero-order valence-electron chi connectivity index (χ0n) is 12.1. The van der Waals surface area contributed by atoms with Crippen LogP contribution in [0.4, 0.5) is 5.69 Å². The third kappa shape index (κ3) is 5.36. The molecule has 0 atom stereocenters. The minimum atomic E-state index is -0.230. The van der Waals surface area contributed by atoms with Crippen LogP contribution in [0.15, 0.2) is 57.9 Å². The van der Waals surface area contributed by atoms with Crippen molar-refractivity contribution >= 4 is 39.3 Å². The molecule has 0 saturated heterocycles. The molecule has 0 unspecified atom stereocenters. The lowest BCUT2D eigenvalue weighted by Crippen LogP contribution is -2.21. The predicted molar refractivity (Wildman–Crippen MR) is 93.8 cm³/mol. The van der Waals surface area contributed by atoms with Crippen molar-refractivity contribution in [3.05, 3.63) is 58.6 Å². The lowest BCUT2D eigenvalue weighted by Gasteiger charge is -2.12. The summed E-state index contributed by atoms with van der Waals surface area (Å²) >= 11 is 4.93. The second-order valence-electron chi connectivity index (χ2n) is 4.46. The number of methoxy groups -OCH3 is 1. The first-order chi connectivity index (χ1) is 10.7. The predicted octanol–water partition coefficient (Wildman–Crippen LogP) is 3.83. The van der Waals surface area contributed by atoms with E-state index in [4.69, 9.17) is 0 Å². The summed E-state index contributed by atoms with van der Waals surface area (Å²) in [4.78, 5) is 12.3. The van der Waals surface area contributed by atoms with Crippen LogP contribution in [0.5, 0.6) is 0 Å². The number of ether oxygens (including phenoxy) is 1. The van der Waals surface area contributed by atoms with Crippen molar-refractivity contribution in [2.45, 2.75) is 11.4 Å². The Hall–Kier alpha value is -1.50. The van der Waals surface area contributed by atoms with E-state index in [9.17, 15) is 4.79 Å². The summed E-state index contributed by atoms with van der Waals surface area (Å²) in [5, 5.41) is 0. The van der Waals surface area contributed by atoms with Gasteiger partial charge in [0.25, 0.3) is 0 Å². The molecular weight excluding hydrogens is 364 g/mol. The number of esters is 1. The Morgan fingerprint density at radius 1 is 1.23 bits per heavy atom. The van der Waals surface area contributed by atoms with Crippen molar-refractivity contribution < 1.29 is 9.53 Å². The average Bonchev–Trinajstić information content (AvgIpc) is 2.55. The smallest absolute Gasteiger partial charge is 0.315 e. The zero-order chi connectivity index (χ0) is 15.8. The van der Waals surface area contributed by atoms with Crippen LogP contribution in [0, 0.1) is 0 Å². The van der Waals surface area contributed by atoms with E-state index in [-0.39, 0.29) is 5.97 Å². The number of nitrogens with one attached hydrogen (secondary N) is 2. The first-order valence-electron chi connectivity index (χ1n) is 6.71. The number of hydrogen-bond acceptors (Lipinski definition) is 5. The fourth-order valence-corrected chi connectivity index (χ4v) is 3.21. The van der Waals surface area contributed by atoms with Crippen LogP contribution in [0.25, 0.3) is 0 Å². The largest absolute Gasteiger partial charge is 0.468 e. The van der Waals surface area contributed by atoms with Crippen LogP contribution in [0.3, 0.4) is 0 Å². The summed E-state index contributed by atoms with van der Waals surface area (Å²) in [6, 6.07) is 15.9. The van der Waals surface area contributed by atoms with Gasteiger partial charge < -0.3 is 10.2 Å². The van der Waals surface area contributed by atoms with Gasteiger partial charge in [-0.05, 0) is 29.8 Å². The molecule has 2 rings (SSSR count). The van der Waals surface area contributed by atoms with Crippen LogP contribution >= 0.6 is 27.7 Å². The maximum atomic E-state index is 11.3. The molecule has 4 nitrogen and oxygen atoms in total. The van der Waals surface area contributed by atoms with Crippen LogP contribution in [-0.4, -0.2) is 18.8 Å². The number of hydrazine groups is 1. The first-order valence-corrected chi connectivity index (χ1v) is 8.49. The van der Waals surface area contributed by atoms with Gasteiger partial charge >= 0.3 is 5.97 Å². The van der Waals surface area contributed by atoms with E-state index in [0.717, 1.165) is 20.6 Å². The fourth-order valence-electron chi connectivity index (χ4n) is 1.77. The number of rotatable bonds is 7. The molecule has 0 aromatic heterocycles. The van der Waals surface area contributed by atoms with Gasteiger partial charge in [0.15, 0.2) is 0 Å². The Balaban J connectivity index is 1.95. The summed E-state index contributed by atoms with van der Waals surface area (Å²) in [7, 11) is 1.40. The number of carbonyl (C=O) groups excluding carboxylic acids is 1.